The van der Waals surface area contributed by atoms with Gasteiger partial charge in [-0.05, 0) is 72.5 Å². The number of nitrogens with zero attached hydrogens (tertiary/aromatic N) is 6. The maximum absolute atomic E-state index is 4.56. The third-order valence-corrected chi connectivity index (χ3v) is 6.45. The minimum Gasteiger partial charge on any atom is -0.369 e. The molecule has 0 atom stereocenters. The Bertz CT molecular complexity index is 1480. The molecule has 1 aliphatic rings. The van der Waals surface area contributed by atoms with E-state index >= 15 is 0 Å². The van der Waals surface area contributed by atoms with E-state index in [0.29, 0.717) is 0 Å². The lowest BCUT2D eigenvalue weighted by Gasteiger charge is -2.29. The van der Waals surface area contributed by atoms with E-state index in [1.807, 2.05) is 6.20 Å². The number of benzene rings is 2. The third kappa shape index (κ3) is 4.76. The summed E-state index contributed by atoms with van der Waals surface area (Å²) in [6, 6.07) is 17.1. The second kappa shape index (κ2) is 9.85. The van der Waals surface area contributed by atoms with Crippen LogP contribution < -0.4 is 15.5 Å². The van der Waals surface area contributed by atoms with Crippen LogP contribution in [0.1, 0.15) is 16.7 Å². The van der Waals surface area contributed by atoms with Crippen molar-refractivity contribution in [1.82, 2.24) is 29.9 Å². The van der Waals surface area contributed by atoms with Gasteiger partial charge in [0.25, 0.3) is 0 Å². The highest BCUT2D eigenvalue weighted by Gasteiger charge is 2.13. The van der Waals surface area contributed by atoms with E-state index in [1.54, 1.807) is 17.2 Å². The van der Waals surface area contributed by atoms with Crippen LogP contribution in [0.25, 0.3) is 16.6 Å². The van der Waals surface area contributed by atoms with Gasteiger partial charge in [0.1, 0.15) is 18.5 Å². The van der Waals surface area contributed by atoms with E-state index in [1.165, 1.54) is 22.4 Å². The van der Waals surface area contributed by atoms with Gasteiger partial charge in [-0.1, -0.05) is 6.07 Å². The predicted octanol–water partition coefficient (Wildman–Crippen LogP) is 4.15. The number of halogens is 1. The summed E-state index contributed by atoms with van der Waals surface area (Å²) in [5, 5.41) is 12.1. The molecule has 3 aromatic heterocycles. The SMILES string of the molecule is Cc1cc(Nc2ncnc3ccc(N4CCNCC4)cc23)ccc1Cc1ccn2ncnc2c1.Cl. The van der Waals surface area contributed by atoms with E-state index in [-0.39, 0.29) is 12.4 Å². The van der Waals surface area contributed by atoms with Crippen molar-refractivity contribution in [3.8, 4) is 0 Å². The number of hydrogen-bond acceptors (Lipinski definition) is 7. The molecule has 0 saturated carbocycles. The summed E-state index contributed by atoms with van der Waals surface area (Å²) in [4.78, 5) is 15.7. The normalized spacial score (nSPS) is 13.7. The highest BCUT2D eigenvalue weighted by atomic mass is 35.5. The number of fused-ring (bicyclic) bond motifs is 2. The second-order valence-corrected chi connectivity index (χ2v) is 8.70. The zero-order chi connectivity index (χ0) is 22.9. The Kier molecular flexibility index (Phi) is 6.48. The molecule has 4 heterocycles. The van der Waals surface area contributed by atoms with Crippen molar-refractivity contribution >= 4 is 46.1 Å². The molecule has 5 aromatic rings. The van der Waals surface area contributed by atoms with Gasteiger partial charge in [0.2, 0.25) is 0 Å². The number of piperazine rings is 1. The molecule has 0 aliphatic carbocycles. The van der Waals surface area contributed by atoms with E-state index < -0.39 is 0 Å². The molecular weight excluding hydrogens is 460 g/mol. The van der Waals surface area contributed by atoms with Crippen LogP contribution in [0.2, 0.25) is 0 Å². The van der Waals surface area contributed by atoms with Crippen molar-refractivity contribution in [1.29, 1.82) is 0 Å². The molecular formula is C26H27ClN8. The van der Waals surface area contributed by atoms with Crippen molar-refractivity contribution < 1.29 is 0 Å². The van der Waals surface area contributed by atoms with Crippen molar-refractivity contribution in [2.75, 3.05) is 36.4 Å². The predicted molar refractivity (Wildman–Crippen MR) is 142 cm³/mol. The van der Waals surface area contributed by atoms with Crippen molar-refractivity contribution in [3.05, 3.63) is 84.1 Å². The average molecular weight is 487 g/mol. The summed E-state index contributed by atoms with van der Waals surface area (Å²) < 4.78 is 1.78. The van der Waals surface area contributed by atoms with Crippen LogP contribution in [-0.4, -0.2) is 50.7 Å². The molecule has 9 heteroatoms. The zero-order valence-corrected chi connectivity index (χ0v) is 20.3. The number of anilines is 3. The van der Waals surface area contributed by atoms with Gasteiger partial charge >= 0.3 is 0 Å². The van der Waals surface area contributed by atoms with Gasteiger partial charge in [-0.15, -0.1) is 12.4 Å². The highest BCUT2D eigenvalue weighted by molar-refractivity contribution is 5.93. The summed E-state index contributed by atoms with van der Waals surface area (Å²) >= 11 is 0. The molecule has 178 valence electrons. The molecule has 0 amide bonds. The Morgan fingerprint density at radius 3 is 2.69 bits per heavy atom. The van der Waals surface area contributed by atoms with Crippen LogP contribution >= 0.6 is 12.4 Å². The topological polar surface area (TPSA) is 83.3 Å². The summed E-state index contributed by atoms with van der Waals surface area (Å²) in [7, 11) is 0. The first-order valence-corrected chi connectivity index (χ1v) is 11.6. The Labute approximate surface area is 209 Å². The lowest BCUT2D eigenvalue weighted by atomic mass is 10.0. The Morgan fingerprint density at radius 1 is 0.943 bits per heavy atom. The quantitative estimate of drug-likeness (QED) is 0.386. The fraction of sp³-hybridized carbons (Fsp3) is 0.231. The van der Waals surface area contributed by atoms with E-state index in [0.717, 1.165) is 60.7 Å². The van der Waals surface area contributed by atoms with E-state index in [4.69, 9.17) is 0 Å². The van der Waals surface area contributed by atoms with Crippen LogP contribution in [0.15, 0.2) is 67.4 Å². The Balaban J connectivity index is 0.00000253. The van der Waals surface area contributed by atoms with Crippen LogP contribution in [0, 0.1) is 6.92 Å². The summed E-state index contributed by atoms with van der Waals surface area (Å²) in [6.45, 7) is 6.18. The standard InChI is InChI=1S/C26H26N8.ClH/c1-18-12-21(3-2-20(18)13-19-6-9-34-25(14-19)29-17-31-34)32-26-23-15-22(33-10-7-27-8-11-33)4-5-24(23)28-16-30-26;/h2-6,9,12,14-17,27H,7-8,10-11,13H2,1H3,(H,28,30,32);1H. The largest absolute Gasteiger partial charge is 0.369 e. The minimum absolute atomic E-state index is 0. The first kappa shape index (κ1) is 23.0. The van der Waals surface area contributed by atoms with Gasteiger partial charge in [-0.25, -0.2) is 19.5 Å². The molecule has 0 spiro atoms. The second-order valence-electron chi connectivity index (χ2n) is 8.70. The number of rotatable bonds is 5. The van der Waals surface area contributed by atoms with Gasteiger partial charge in [-0.2, -0.15) is 5.10 Å². The lowest BCUT2D eigenvalue weighted by molar-refractivity contribution is 0.589. The fourth-order valence-corrected chi connectivity index (χ4v) is 4.56. The van der Waals surface area contributed by atoms with Gasteiger partial charge < -0.3 is 15.5 Å². The van der Waals surface area contributed by atoms with Crippen molar-refractivity contribution in [2.24, 2.45) is 0 Å². The van der Waals surface area contributed by atoms with Crippen LogP contribution in [0.5, 0.6) is 0 Å². The van der Waals surface area contributed by atoms with Gasteiger partial charge in [0, 0.05) is 49.1 Å². The molecule has 8 nitrogen and oxygen atoms in total. The van der Waals surface area contributed by atoms with Crippen molar-refractivity contribution in [3.63, 3.8) is 0 Å². The molecule has 1 saturated heterocycles. The summed E-state index contributed by atoms with van der Waals surface area (Å²) in [5.74, 6) is 0.825. The molecule has 1 fully saturated rings. The average Bonchev–Trinajstić information content (AvgIpc) is 3.34. The molecule has 1 aliphatic heterocycles. The summed E-state index contributed by atoms with van der Waals surface area (Å²) in [5.41, 5.74) is 7.75. The molecule has 2 aromatic carbocycles. The zero-order valence-electron chi connectivity index (χ0n) is 19.5. The van der Waals surface area contributed by atoms with Crippen molar-refractivity contribution in [2.45, 2.75) is 13.3 Å². The van der Waals surface area contributed by atoms with E-state index in [9.17, 15) is 0 Å². The van der Waals surface area contributed by atoms with Crippen LogP contribution in [0.3, 0.4) is 0 Å². The van der Waals surface area contributed by atoms with Crippen LogP contribution in [0.4, 0.5) is 17.2 Å². The highest BCUT2D eigenvalue weighted by Crippen LogP contribution is 2.28. The Morgan fingerprint density at radius 2 is 1.83 bits per heavy atom. The first-order valence-electron chi connectivity index (χ1n) is 11.6. The molecule has 35 heavy (non-hydrogen) atoms. The maximum Gasteiger partial charge on any atom is 0.155 e. The molecule has 2 N–H and O–H groups in total. The number of aromatic nitrogens is 5. The number of hydrogen-bond donors (Lipinski definition) is 2. The number of aryl methyl sites for hydroxylation is 1. The number of pyridine rings is 1. The molecule has 0 bridgehead atoms. The minimum atomic E-state index is 0. The van der Waals surface area contributed by atoms with Gasteiger partial charge in [-0.3, -0.25) is 0 Å². The Hall–Kier alpha value is -3.75. The lowest BCUT2D eigenvalue weighted by Crippen LogP contribution is -2.43. The number of nitrogens with one attached hydrogen (secondary N) is 2. The molecule has 6 rings (SSSR count). The van der Waals surface area contributed by atoms with E-state index in [2.05, 4.69) is 91.0 Å². The smallest absolute Gasteiger partial charge is 0.155 e. The molecule has 0 radical (unpaired) electrons. The first-order chi connectivity index (χ1) is 16.7. The fourth-order valence-electron chi connectivity index (χ4n) is 4.56. The van der Waals surface area contributed by atoms with Gasteiger partial charge in [0.05, 0.1) is 5.52 Å². The van der Waals surface area contributed by atoms with Gasteiger partial charge in [0.15, 0.2) is 5.65 Å². The maximum atomic E-state index is 4.56. The van der Waals surface area contributed by atoms with Crippen LogP contribution in [-0.2, 0) is 6.42 Å². The third-order valence-electron chi connectivity index (χ3n) is 6.45. The molecule has 0 unspecified atom stereocenters. The summed E-state index contributed by atoms with van der Waals surface area (Å²) in [6.07, 6.45) is 6.00. The monoisotopic (exact) mass is 486 g/mol.